The molecule has 0 amide bonds. The lowest BCUT2D eigenvalue weighted by molar-refractivity contribution is 0.104. The third-order valence-corrected chi connectivity index (χ3v) is 4.98. The van der Waals surface area contributed by atoms with Crippen molar-refractivity contribution in [2.45, 2.75) is 6.61 Å². The minimum atomic E-state index is -0.0745. The molecular weight excluding hydrogens is 432 g/mol. The van der Waals surface area contributed by atoms with Crippen molar-refractivity contribution in [2.75, 3.05) is 14.2 Å². The number of ether oxygens (including phenoxy) is 3. The van der Waals surface area contributed by atoms with Gasteiger partial charge in [0.1, 0.15) is 23.9 Å². The Balaban J connectivity index is 1.74. The minimum absolute atomic E-state index is 0.0745. The Kier molecular flexibility index (Phi) is 7.09. The van der Waals surface area contributed by atoms with Crippen LogP contribution < -0.4 is 14.2 Å². The van der Waals surface area contributed by atoms with E-state index in [-0.39, 0.29) is 5.78 Å². The molecule has 0 N–H and O–H groups in total. The second-order valence-corrected chi connectivity index (χ2v) is 7.07. The molecule has 0 aliphatic carbocycles. The van der Waals surface area contributed by atoms with Crippen LogP contribution in [-0.2, 0) is 6.61 Å². The number of halogens is 1. The highest BCUT2D eigenvalue weighted by molar-refractivity contribution is 9.10. The number of hydrogen-bond acceptors (Lipinski definition) is 4. The van der Waals surface area contributed by atoms with Crippen LogP contribution in [-0.4, -0.2) is 20.0 Å². The van der Waals surface area contributed by atoms with E-state index in [1.165, 1.54) is 0 Å². The van der Waals surface area contributed by atoms with Gasteiger partial charge in [-0.05, 0) is 76.1 Å². The summed E-state index contributed by atoms with van der Waals surface area (Å²) in [6.45, 7) is 0.347. The van der Waals surface area contributed by atoms with Gasteiger partial charge < -0.3 is 14.2 Å². The highest BCUT2D eigenvalue weighted by Gasteiger charge is 2.07. The molecule has 29 heavy (non-hydrogen) atoms. The second kappa shape index (κ2) is 9.94. The smallest absolute Gasteiger partial charge is 0.185 e. The van der Waals surface area contributed by atoms with Crippen LogP contribution in [0.3, 0.4) is 0 Å². The average molecular weight is 453 g/mol. The standard InChI is InChI=1S/C24H21BrO4/c1-27-20-11-9-18(10-12-20)22(26)13-7-17-8-14-23(28-2)19(15-17)16-29-24-6-4-3-5-21(24)25/h3-15H,16H2,1-2H3/b13-7+. The Labute approximate surface area is 178 Å². The van der Waals surface area contributed by atoms with Crippen molar-refractivity contribution in [3.63, 3.8) is 0 Å². The molecule has 0 aromatic heterocycles. The van der Waals surface area contributed by atoms with E-state index in [9.17, 15) is 4.79 Å². The van der Waals surface area contributed by atoms with Crippen LogP contribution in [0.15, 0.2) is 77.3 Å². The molecule has 3 aromatic carbocycles. The summed E-state index contributed by atoms with van der Waals surface area (Å²) in [5.74, 6) is 2.13. The fourth-order valence-corrected chi connectivity index (χ4v) is 3.15. The van der Waals surface area contributed by atoms with Gasteiger partial charge in [-0.25, -0.2) is 0 Å². The molecule has 0 unspecified atom stereocenters. The Hall–Kier alpha value is -3.05. The largest absolute Gasteiger partial charge is 0.497 e. The first-order valence-corrected chi connectivity index (χ1v) is 9.80. The first-order valence-electron chi connectivity index (χ1n) is 9.01. The summed E-state index contributed by atoms with van der Waals surface area (Å²) < 4.78 is 17.4. The number of allylic oxidation sites excluding steroid dienone is 1. The van der Waals surface area contributed by atoms with E-state index in [0.717, 1.165) is 32.8 Å². The Morgan fingerprint density at radius 2 is 1.69 bits per heavy atom. The normalized spacial score (nSPS) is 10.7. The summed E-state index contributed by atoms with van der Waals surface area (Å²) in [6.07, 6.45) is 3.34. The molecule has 0 atom stereocenters. The fourth-order valence-electron chi connectivity index (χ4n) is 2.76. The lowest BCUT2D eigenvalue weighted by Crippen LogP contribution is -2.00. The SMILES string of the molecule is COc1ccc(C(=O)/C=C/c2ccc(OC)c(COc3ccccc3Br)c2)cc1. The molecule has 0 fully saturated rings. The Morgan fingerprint density at radius 3 is 2.38 bits per heavy atom. The van der Waals surface area contributed by atoms with Crippen molar-refractivity contribution in [3.8, 4) is 17.2 Å². The monoisotopic (exact) mass is 452 g/mol. The van der Waals surface area contributed by atoms with Gasteiger partial charge in [-0.2, -0.15) is 0 Å². The number of methoxy groups -OCH3 is 2. The first kappa shape index (κ1) is 20.7. The van der Waals surface area contributed by atoms with E-state index < -0.39 is 0 Å². The quantitative estimate of drug-likeness (QED) is 0.313. The summed E-state index contributed by atoms with van der Waals surface area (Å²) in [6, 6.07) is 20.4. The molecule has 3 rings (SSSR count). The van der Waals surface area contributed by atoms with Gasteiger partial charge in [-0.15, -0.1) is 0 Å². The first-order chi connectivity index (χ1) is 14.1. The van der Waals surface area contributed by atoms with Gasteiger partial charge in [0, 0.05) is 11.1 Å². The topological polar surface area (TPSA) is 44.8 Å². The molecule has 5 heteroatoms. The van der Waals surface area contributed by atoms with Crippen molar-refractivity contribution < 1.29 is 19.0 Å². The van der Waals surface area contributed by atoms with E-state index in [1.54, 1.807) is 50.6 Å². The average Bonchev–Trinajstić information content (AvgIpc) is 2.77. The number of hydrogen-bond donors (Lipinski definition) is 0. The van der Waals surface area contributed by atoms with Crippen molar-refractivity contribution >= 4 is 27.8 Å². The predicted octanol–water partition coefficient (Wildman–Crippen LogP) is 5.94. The summed E-state index contributed by atoms with van der Waals surface area (Å²) >= 11 is 3.48. The van der Waals surface area contributed by atoms with E-state index in [1.807, 2.05) is 42.5 Å². The van der Waals surface area contributed by atoms with Gasteiger partial charge in [0.05, 0.1) is 18.7 Å². The highest BCUT2D eigenvalue weighted by Crippen LogP contribution is 2.27. The molecule has 0 aliphatic rings. The van der Waals surface area contributed by atoms with Crippen LogP contribution in [0.2, 0.25) is 0 Å². The Morgan fingerprint density at radius 1 is 0.931 bits per heavy atom. The maximum absolute atomic E-state index is 12.4. The van der Waals surface area contributed by atoms with Crippen LogP contribution in [0, 0.1) is 0 Å². The molecular formula is C24H21BrO4. The predicted molar refractivity (Wildman–Crippen MR) is 118 cm³/mol. The minimum Gasteiger partial charge on any atom is -0.497 e. The molecule has 0 bridgehead atoms. The van der Waals surface area contributed by atoms with E-state index in [2.05, 4.69) is 15.9 Å². The van der Waals surface area contributed by atoms with Crippen LogP contribution >= 0.6 is 15.9 Å². The molecule has 0 radical (unpaired) electrons. The Bertz CT molecular complexity index is 1010. The van der Waals surface area contributed by atoms with Gasteiger partial charge in [-0.3, -0.25) is 4.79 Å². The number of para-hydroxylation sites is 1. The number of rotatable bonds is 8. The lowest BCUT2D eigenvalue weighted by Gasteiger charge is -2.12. The second-order valence-electron chi connectivity index (χ2n) is 6.22. The van der Waals surface area contributed by atoms with Crippen LogP contribution in [0.1, 0.15) is 21.5 Å². The van der Waals surface area contributed by atoms with Gasteiger partial charge in [-0.1, -0.05) is 24.3 Å². The number of ketones is 1. The third kappa shape index (κ3) is 5.48. The van der Waals surface area contributed by atoms with Gasteiger partial charge in [0.15, 0.2) is 5.78 Å². The highest BCUT2D eigenvalue weighted by atomic mass is 79.9. The summed E-state index contributed by atoms with van der Waals surface area (Å²) in [5.41, 5.74) is 2.38. The lowest BCUT2D eigenvalue weighted by atomic mass is 10.1. The van der Waals surface area contributed by atoms with Crippen molar-refractivity contribution in [2.24, 2.45) is 0 Å². The van der Waals surface area contributed by atoms with Crippen molar-refractivity contribution in [1.82, 2.24) is 0 Å². The zero-order chi connectivity index (χ0) is 20.6. The number of benzene rings is 3. The fraction of sp³-hybridized carbons (Fsp3) is 0.125. The van der Waals surface area contributed by atoms with Crippen molar-refractivity contribution in [1.29, 1.82) is 0 Å². The molecule has 0 aliphatic heterocycles. The summed E-state index contributed by atoms with van der Waals surface area (Å²) in [4.78, 5) is 12.4. The van der Waals surface area contributed by atoms with E-state index >= 15 is 0 Å². The van der Waals surface area contributed by atoms with E-state index in [0.29, 0.717) is 12.2 Å². The maximum Gasteiger partial charge on any atom is 0.185 e. The molecule has 0 saturated heterocycles. The van der Waals surface area contributed by atoms with Gasteiger partial charge in [0.25, 0.3) is 0 Å². The van der Waals surface area contributed by atoms with Crippen molar-refractivity contribution in [3.05, 3.63) is 94.0 Å². The summed E-state index contributed by atoms with van der Waals surface area (Å²) in [5, 5.41) is 0. The molecule has 0 spiro atoms. The molecule has 0 saturated carbocycles. The van der Waals surface area contributed by atoms with Gasteiger partial charge in [0.2, 0.25) is 0 Å². The zero-order valence-electron chi connectivity index (χ0n) is 16.2. The molecule has 0 heterocycles. The van der Waals surface area contributed by atoms with Crippen LogP contribution in [0.4, 0.5) is 0 Å². The summed E-state index contributed by atoms with van der Waals surface area (Å²) in [7, 11) is 3.22. The van der Waals surface area contributed by atoms with E-state index in [4.69, 9.17) is 14.2 Å². The molecule has 148 valence electrons. The number of carbonyl (C=O) groups excluding carboxylic acids is 1. The van der Waals surface area contributed by atoms with Crippen LogP contribution in [0.5, 0.6) is 17.2 Å². The molecule has 4 nitrogen and oxygen atoms in total. The number of carbonyl (C=O) groups is 1. The zero-order valence-corrected chi connectivity index (χ0v) is 17.8. The van der Waals surface area contributed by atoms with Crippen LogP contribution in [0.25, 0.3) is 6.08 Å². The van der Waals surface area contributed by atoms with Gasteiger partial charge >= 0.3 is 0 Å². The third-order valence-electron chi connectivity index (χ3n) is 4.33. The maximum atomic E-state index is 12.4. The molecule has 3 aromatic rings.